The number of aliphatic hydroxyl groups excluding tert-OH is 1. The van der Waals surface area contributed by atoms with E-state index in [0.717, 1.165) is 20.2 Å². The number of aliphatic hydroxyl groups is 1. The highest BCUT2D eigenvalue weighted by Gasteiger charge is 2.43. The number of hydrogen-bond acceptors (Lipinski definition) is 12. The molecule has 1 saturated heterocycles. The normalized spacial score (nSPS) is 23.2. The fraction of sp³-hybridized carbons (Fsp3) is 0.263. The molecule has 0 aromatic carbocycles. The number of imidazole rings is 1. The van der Waals surface area contributed by atoms with Crippen molar-refractivity contribution in [3.8, 4) is 20.2 Å². The van der Waals surface area contributed by atoms with E-state index in [1.165, 1.54) is 6.33 Å². The first-order valence-corrected chi connectivity index (χ1v) is 17.1. The van der Waals surface area contributed by atoms with Gasteiger partial charge >= 0.3 is 23.5 Å². The summed E-state index contributed by atoms with van der Waals surface area (Å²) in [6, 6.07) is 9.91. The Morgan fingerprint density at radius 3 is 2.49 bits per heavy atom. The van der Waals surface area contributed by atoms with E-state index in [0.29, 0.717) is 11.2 Å². The van der Waals surface area contributed by atoms with Crippen molar-refractivity contribution in [2.24, 2.45) is 0 Å². The first kappa shape index (κ1) is 28.9. The van der Waals surface area contributed by atoms with Gasteiger partial charge in [0.05, 0.1) is 19.0 Å². The molecule has 39 heavy (non-hydrogen) atoms. The summed E-state index contributed by atoms with van der Waals surface area (Å²) >= 11 is 3.25. The van der Waals surface area contributed by atoms with E-state index in [4.69, 9.17) is 14.5 Å². The van der Waals surface area contributed by atoms with Crippen LogP contribution >= 0.6 is 46.1 Å². The Hall–Kier alpha value is -1.65. The Bertz CT molecular complexity index is 1620. The van der Waals surface area contributed by atoms with Crippen LogP contribution < -0.4 is 0 Å². The zero-order chi connectivity index (χ0) is 28.0. The minimum absolute atomic E-state index is 0.0311. The van der Waals surface area contributed by atoms with E-state index in [1.54, 1.807) is 33.4 Å². The van der Waals surface area contributed by atoms with Crippen molar-refractivity contribution >= 4 is 57.3 Å². The summed E-state index contributed by atoms with van der Waals surface area (Å²) in [6.07, 6.45) is 0.00547. The van der Waals surface area contributed by atoms with Crippen LogP contribution in [0.3, 0.4) is 0 Å². The van der Waals surface area contributed by atoms with Gasteiger partial charge in [-0.25, -0.2) is 23.7 Å². The number of ether oxygens (including phenoxy) is 1. The number of pyridine rings is 1. The molecule has 3 unspecified atom stereocenters. The smallest absolute Gasteiger partial charge is 0.390 e. The Morgan fingerprint density at radius 1 is 1.00 bits per heavy atom. The lowest BCUT2D eigenvalue weighted by Gasteiger charge is -2.19. The van der Waals surface area contributed by atoms with Crippen LogP contribution in [0.25, 0.3) is 31.4 Å². The summed E-state index contributed by atoms with van der Waals surface area (Å²) in [6.45, 7) is -0.770. The van der Waals surface area contributed by atoms with Crippen molar-refractivity contribution in [3.63, 3.8) is 0 Å². The molecule has 1 fully saturated rings. The number of aromatic nitrogens is 3. The first-order valence-electron chi connectivity index (χ1n) is 10.9. The van der Waals surface area contributed by atoms with Gasteiger partial charge in [0.1, 0.15) is 17.8 Å². The second-order valence-electron chi connectivity index (χ2n) is 8.14. The topological polar surface area (TPSA) is 220 Å². The lowest BCUT2D eigenvalue weighted by atomic mass is 10.2. The third kappa shape index (κ3) is 6.81. The van der Waals surface area contributed by atoms with Crippen molar-refractivity contribution in [2.75, 3.05) is 6.61 Å². The van der Waals surface area contributed by atoms with E-state index in [1.807, 2.05) is 35.7 Å². The summed E-state index contributed by atoms with van der Waals surface area (Å²) in [5, 5.41) is 12.4. The third-order valence-electron chi connectivity index (χ3n) is 5.43. The fourth-order valence-corrected chi connectivity index (χ4v) is 8.78. The molecule has 1 aliphatic rings. The maximum Gasteiger partial charge on any atom is 0.490 e. The second-order valence-corrected chi connectivity index (χ2v) is 14.6. The molecule has 0 radical (unpaired) electrons. The lowest BCUT2D eigenvalue weighted by Crippen LogP contribution is -2.26. The molecule has 5 rings (SSSR count). The van der Waals surface area contributed by atoms with Crippen LogP contribution in [0.2, 0.25) is 0 Å². The van der Waals surface area contributed by atoms with Crippen LogP contribution in [0.15, 0.2) is 48.2 Å². The molecule has 0 amide bonds. The number of hydrogen-bond donors (Lipinski definition) is 5. The molecule has 20 heteroatoms. The number of phosphoric acid groups is 3. The third-order valence-corrected chi connectivity index (χ3v) is 11.4. The highest BCUT2D eigenvalue weighted by molar-refractivity contribution is 7.66. The molecular formula is C19H20N3O12P3S2. The van der Waals surface area contributed by atoms with Crippen molar-refractivity contribution in [1.29, 1.82) is 0 Å². The van der Waals surface area contributed by atoms with Gasteiger partial charge in [-0.1, -0.05) is 6.07 Å². The molecule has 0 aliphatic carbocycles. The quantitative estimate of drug-likeness (QED) is 0.156. The molecule has 1 aliphatic heterocycles. The number of thiophene rings is 2. The van der Waals surface area contributed by atoms with Crippen LogP contribution in [0, 0.1) is 0 Å². The predicted molar refractivity (Wildman–Crippen MR) is 139 cm³/mol. The Kier molecular flexibility index (Phi) is 8.12. The SMILES string of the molecule is O=P(O)(O)OP(=O)(O)OP(=O)(O)OC[C@H]1O[C@@H](n2cnc3c(-c4ccc(-c5cccs5)s4)ccnc32)CC1O. The summed E-state index contributed by atoms with van der Waals surface area (Å²) < 4.78 is 53.5. The van der Waals surface area contributed by atoms with Gasteiger partial charge in [-0.3, -0.25) is 9.09 Å². The molecule has 210 valence electrons. The summed E-state index contributed by atoms with van der Waals surface area (Å²) in [5.41, 5.74) is 1.94. The predicted octanol–water partition coefficient (Wildman–Crippen LogP) is 3.88. The maximum atomic E-state index is 12.0. The standard InChI is InChI=1S/C19H20N3O12P3S2/c23-12-8-17(32-13(12)9-31-36(27,28)34-37(29,30)33-35(24,25)26)22-10-21-18-11(5-6-20-19(18)22)14-3-4-16(39-14)15-2-1-7-38-15/h1-7,10,12-13,17,23H,8-9H2,(H,27,28)(H,29,30)(H2,24,25,26)/t12?,13-,17-/m1/s1. The van der Waals surface area contributed by atoms with Crippen LogP contribution in [-0.2, 0) is 31.6 Å². The van der Waals surface area contributed by atoms with E-state index in [9.17, 15) is 28.6 Å². The number of phosphoric ester groups is 1. The van der Waals surface area contributed by atoms with Gasteiger partial charge in [-0.15, -0.1) is 22.7 Å². The summed E-state index contributed by atoms with van der Waals surface area (Å²) in [4.78, 5) is 48.3. The Morgan fingerprint density at radius 2 is 1.77 bits per heavy atom. The fourth-order valence-electron chi connectivity index (χ4n) is 3.88. The van der Waals surface area contributed by atoms with E-state index < -0.39 is 48.5 Å². The molecule has 15 nitrogen and oxygen atoms in total. The number of rotatable bonds is 10. The number of fused-ring (bicyclic) bond motifs is 1. The largest absolute Gasteiger partial charge is 0.490 e. The average Bonchev–Trinajstić information content (AvgIpc) is 3.61. The molecule has 5 atom stereocenters. The zero-order valence-electron chi connectivity index (χ0n) is 19.4. The van der Waals surface area contributed by atoms with Gasteiger partial charge < -0.3 is 29.4 Å². The first-order chi connectivity index (χ1) is 18.3. The molecule has 0 saturated carbocycles. The Balaban J connectivity index is 1.28. The monoisotopic (exact) mass is 639 g/mol. The van der Waals surface area contributed by atoms with Crippen LogP contribution in [0.1, 0.15) is 12.6 Å². The summed E-state index contributed by atoms with van der Waals surface area (Å²) in [5.74, 6) is 0. The van der Waals surface area contributed by atoms with Crippen LogP contribution in [-0.4, -0.2) is 58.0 Å². The van der Waals surface area contributed by atoms with Gasteiger partial charge in [0, 0.05) is 32.8 Å². The zero-order valence-corrected chi connectivity index (χ0v) is 23.7. The Labute approximate surface area is 227 Å². The molecule has 5 N–H and O–H groups in total. The molecule has 0 bridgehead atoms. The van der Waals surface area contributed by atoms with Gasteiger partial charge in [0.25, 0.3) is 0 Å². The maximum absolute atomic E-state index is 12.0. The van der Waals surface area contributed by atoms with Crippen LogP contribution in [0.5, 0.6) is 0 Å². The van der Waals surface area contributed by atoms with Crippen molar-refractivity contribution < 1.29 is 56.3 Å². The van der Waals surface area contributed by atoms with Gasteiger partial charge in [0.2, 0.25) is 0 Å². The van der Waals surface area contributed by atoms with Gasteiger partial charge in [-0.2, -0.15) is 8.62 Å². The van der Waals surface area contributed by atoms with E-state index in [-0.39, 0.29) is 6.42 Å². The molecule has 4 aromatic rings. The van der Waals surface area contributed by atoms with Gasteiger partial charge in [-0.05, 0) is 29.6 Å². The minimum Gasteiger partial charge on any atom is -0.390 e. The van der Waals surface area contributed by atoms with Crippen molar-refractivity contribution in [3.05, 3.63) is 48.2 Å². The average molecular weight is 639 g/mol. The highest BCUT2D eigenvalue weighted by atomic mass is 32.1. The van der Waals surface area contributed by atoms with E-state index >= 15 is 0 Å². The van der Waals surface area contributed by atoms with Crippen molar-refractivity contribution in [2.45, 2.75) is 24.9 Å². The van der Waals surface area contributed by atoms with Crippen LogP contribution in [0.4, 0.5) is 0 Å². The minimum atomic E-state index is -5.66. The van der Waals surface area contributed by atoms with Gasteiger partial charge in [0.15, 0.2) is 5.65 Å². The highest BCUT2D eigenvalue weighted by Crippen LogP contribution is 2.66. The molecular weight excluding hydrogens is 619 g/mol. The molecule has 5 heterocycles. The van der Waals surface area contributed by atoms with Crippen molar-refractivity contribution in [1.82, 2.24) is 14.5 Å². The number of nitrogens with zero attached hydrogens (tertiary/aromatic N) is 3. The molecule has 0 spiro atoms. The summed E-state index contributed by atoms with van der Waals surface area (Å²) in [7, 11) is -16.5. The lowest BCUT2D eigenvalue weighted by molar-refractivity contribution is -0.0423. The van der Waals surface area contributed by atoms with E-state index in [2.05, 4.69) is 23.1 Å². The second kappa shape index (κ2) is 11.0. The molecule has 4 aromatic heterocycles.